The first-order chi connectivity index (χ1) is 10.1. The molecule has 1 fully saturated rings. The minimum atomic E-state index is -0.263. The molecule has 0 aliphatic carbocycles. The Hall–Kier alpha value is -1.89. The Balaban J connectivity index is 2.18. The van der Waals surface area contributed by atoms with Gasteiger partial charge in [-0.1, -0.05) is 0 Å². The SMILES string of the molecule is CCNC(=O)C1CNCCN1c1cc(OC(C)C)ncn1. The molecule has 1 aliphatic heterocycles. The second-order valence-electron chi connectivity index (χ2n) is 5.19. The van der Waals surface area contributed by atoms with Crippen LogP contribution in [0.5, 0.6) is 5.88 Å². The molecule has 1 unspecified atom stereocenters. The summed E-state index contributed by atoms with van der Waals surface area (Å²) in [6.45, 7) is 8.58. The highest BCUT2D eigenvalue weighted by Gasteiger charge is 2.29. The standard InChI is InChI=1S/C14H23N5O2/c1-4-16-14(20)11-8-15-5-6-19(11)12-7-13(18-9-17-12)21-10(2)3/h7,9-11,15H,4-6,8H2,1-3H3,(H,16,20). The van der Waals surface area contributed by atoms with E-state index in [0.29, 0.717) is 19.0 Å². The van der Waals surface area contributed by atoms with Crippen molar-refractivity contribution >= 4 is 11.7 Å². The van der Waals surface area contributed by atoms with Gasteiger partial charge in [0.2, 0.25) is 11.8 Å². The second kappa shape index (κ2) is 7.21. The molecule has 1 aliphatic rings. The molecule has 1 aromatic heterocycles. The Kier molecular flexibility index (Phi) is 5.32. The van der Waals surface area contributed by atoms with Crippen LogP contribution < -0.4 is 20.3 Å². The molecule has 0 radical (unpaired) electrons. The van der Waals surface area contributed by atoms with Gasteiger partial charge in [-0.2, -0.15) is 0 Å². The zero-order valence-corrected chi connectivity index (χ0v) is 12.8. The predicted octanol–water partition coefficient (Wildman–Crippen LogP) is 0.178. The minimum absolute atomic E-state index is 0.00893. The Labute approximate surface area is 125 Å². The zero-order chi connectivity index (χ0) is 15.2. The molecule has 7 heteroatoms. The van der Waals surface area contributed by atoms with Crippen LogP contribution in [0.3, 0.4) is 0 Å². The molecule has 2 heterocycles. The van der Waals surface area contributed by atoms with E-state index in [0.717, 1.165) is 18.9 Å². The summed E-state index contributed by atoms with van der Waals surface area (Å²) >= 11 is 0. The average molecular weight is 293 g/mol. The zero-order valence-electron chi connectivity index (χ0n) is 12.8. The number of ether oxygens (including phenoxy) is 1. The minimum Gasteiger partial charge on any atom is -0.475 e. The molecular formula is C14H23N5O2. The Morgan fingerprint density at radius 3 is 3.10 bits per heavy atom. The fraction of sp³-hybridized carbons (Fsp3) is 0.643. The van der Waals surface area contributed by atoms with E-state index in [4.69, 9.17) is 4.74 Å². The van der Waals surface area contributed by atoms with Crippen LogP contribution in [0.4, 0.5) is 5.82 Å². The smallest absolute Gasteiger partial charge is 0.244 e. The number of likely N-dealkylation sites (N-methyl/N-ethyl adjacent to an activating group) is 1. The highest BCUT2D eigenvalue weighted by atomic mass is 16.5. The average Bonchev–Trinajstić information content (AvgIpc) is 2.47. The highest BCUT2D eigenvalue weighted by molar-refractivity contribution is 5.85. The molecule has 1 aromatic rings. The van der Waals surface area contributed by atoms with Crippen molar-refractivity contribution in [3.8, 4) is 5.88 Å². The number of amides is 1. The van der Waals surface area contributed by atoms with Gasteiger partial charge in [0.1, 0.15) is 18.2 Å². The summed E-state index contributed by atoms with van der Waals surface area (Å²) in [5.74, 6) is 1.26. The number of anilines is 1. The highest BCUT2D eigenvalue weighted by Crippen LogP contribution is 2.20. The summed E-state index contributed by atoms with van der Waals surface area (Å²) in [4.78, 5) is 22.6. The van der Waals surface area contributed by atoms with Crippen molar-refractivity contribution in [1.82, 2.24) is 20.6 Å². The lowest BCUT2D eigenvalue weighted by atomic mass is 10.1. The summed E-state index contributed by atoms with van der Waals surface area (Å²) in [6.07, 6.45) is 1.53. The quantitative estimate of drug-likeness (QED) is 0.806. The summed E-state index contributed by atoms with van der Waals surface area (Å²) in [7, 11) is 0. The van der Waals surface area contributed by atoms with Crippen LogP contribution in [0.25, 0.3) is 0 Å². The molecule has 0 saturated carbocycles. The number of aromatic nitrogens is 2. The van der Waals surface area contributed by atoms with Crippen molar-refractivity contribution in [2.45, 2.75) is 32.9 Å². The van der Waals surface area contributed by atoms with Crippen molar-refractivity contribution in [3.63, 3.8) is 0 Å². The molecule has 2 N–H and O–H groups in total. The lowest BCUT2D eigenvalue weighted by Gasteiger charge is -2.35. The van der Waals surface area contributed by atoms with E-state index >= 15 is 0 Å². The van der Waals surface area contributed by atoms with Gasteiger partial charge in [-0.3, -0.25) is 4.79 Å². The van der Waals surface area contributed by atoms with E-state index in [-0.39, 0.29) is 18.1 Å². The first kappa shape index (κ1) is 15.5. The van der Waals surface area contributed by atoms with Crippen molar-refractivity contribution in [2.24, 2.45) is 0 Å². The number of carbonyl (C=O) groups is 1. The maximum absolute atomic E-state index is 12.2. The van der Waals surface area contributed by atoms with Crippen molar-refractivity contribution in [2.75, 3.05) is 31.1 Å². The summed E-state index contributed by atoms with van der Waals surface area (Å²) in [6, 6.07) is 1.53. The van der Waals surface area contributed by atoms with Crippen LogP contribution in [0.1, 0.15) is 20.8 Å². The van der Waals surface area contributed by atoms with Crippen molar-refractivity contribution in [3.05, 3.63) is 12.4 Å². The number of nitrogens with zero attached hydrogens (tertiary/aromatic N) is 3. The van der Waals surface area contributed by atoms with Crippen LogP contribution in [0.15, 0.2) is 12.4 Å². The molecule has 0 spiro atoms. The molecule has 7 nitrogen and oxygen atoms in total. The van der Waals surface area contributed by atoms with E-state index in [1.807, 2.05) is 25.7 Å². The summed E-state index contributed by atoms with van der Waals surface area (Å²) in [5, 5.41) is 6.11. The van der Waals surface area contributed by atoms with Gasteiger partial charge in [0, 0.05) is 32.2 Å². The van der Waals surface area contributed by atoms with E-state index < -0.39 is 0 Å². The van der Waals surface area contributed by atoms with Gasteiger partial charge in [-0.15, -0.1) is 0 Å². The predicted molar refractivity (Wildman–Crippen MR) is 80.5 cm³/mol. The third-order valence-corrected chi connectivity index (χ3v) is 3.18. The molecule has 116 valence electrons. The second-order valence-corrected chi connectivity index (χ2v) is 5.19. The lowest BCUT2D eigenvalue weighted by molar-refractivity contribution is -0.122. The largest absolute Gasteiger partial charge is 0.475 e. The summed E-state index contributed by atoms with van der Waals surface area (Å²) in [5.41, 5.74) is 0. The Morgan fingerprint density at radius 2 is 2.38 bits per heavy atom. The molecule has 0 bridgehead atoms. The van der Waals surface area contributed by atoms with Crippen molar-refractivity contribution in [1.29, 1.82) is 0 Å². The summed E-state index contributed by atoms with van der Waals surface area (Å²) < 4.78 is 5.59. The number of piperazine rings is 1. The fourth-order valence-electron chi connectivity index (χ4n) is 2.30. The molecular weight excluding hydrogens is 270 g/mol. The van der Waals surface area contributed by atoms with E-state index in [9.17, 15) is 4.79 Å². The molecule has 1 atom stereocenters. The van der Waals surface area contributed by atoms with E-state index in [1.165, 1.54) is 6.33 Å². The maximum Gasteiger partial charge on any atom is 0.244 e. The van der Waals surface area contributed by atoms with Crippen LogP contribution in [-0.2, 0) is 4.79 Å². The van der Waals surface area contributed by atoms with Crippen LogP contribution in [-0.4, -0.2) is 54.2 Å². The normalized spacial score (nSPS) is 18.7. The van der Waals surface area contributed by atoms with Gasteiger partial charge in [0.25, 0.3) is 0 Å². The third kappa shape index (κ3) is 4.04. The number of nitrogens with one attached hydrogen (secondary N) is 2. The van der Waals surface area contributed by atoms with Gasteiger partial charge in [-0.25, -0.2) is 9.97 Å². The molecule has 0 aromatic carbocycles. The van der Waals surface area contributed by atoms with Crippen LogP contribution in [0, 0.1) is 0 Å². The van der Waals surface area contributed by atoms with E-state index in [2.05, 4.69) is 20.6 Å². The molecule has 21 heavy (non-hydrogen) atoms. The molecule has 1 amide bonds. The van der Waals surface area contributed by atoms with Gasteiger partial charge in [-0.05, 0) is 20.8 Å². The fourth-order valence-corrected chi connectivity index (χ4v) is 2.30. The monoisotopic (exact) mass is 293 g/mol. The Morgan fingerprint density at radius 1 is 1.57 bits per heavy atom. The first-order valence-corrected chi connectivity index (χ1v) is 7.35. The number of hydrogen-bond donors (Lipinski definition) is 2. The molecule has 2 rings (SSSR count). The number of carbonyl (C=O) groups excluding carboxylic acids is 1. The van der Waals surface area contributed by atoms with Gasteiger partial charge >= 0.3 is 0 Å². The van der Waals surface area contributed by atoms with Gasteiger partial charge in [0.15, 0.2) is 0 Å². The number of rotatable bonds is 5. The Bertz CT molecular complexity index is 480. The lowest BCUT2D eigenvalue weighted by Crippen LogP contribution is -2.58. The van der Waals surface area contributed by atoms with Gasteiger partial charge < -0.3 is 20.3 Å². The third-order valence-electron chi connectivity index (χ3n) is 3.18. The van der Waals surface area contributed by atoms with Crippen molar-refractivity contribution < 1.29 is 9.53 Å². The number of hydrogen-bond acceptors (Lipinski definition) is 6. The topological polar surface area (TPSA) is 79.4 Å². The molecule has 1 saturated heterocycles. The maximum atomic E-state index is 12.2. The van der Waals surface area contributed by atoms with Gasteiger partial charge in [0.05, 0.1) is 6.10 Å². The van der Waals surface area contributed by atoms with Crippen LogP contribution in [0.2, 0.25) is 0 Å². The first-order valence-electron chi connectivity index (χ1n) is 7.35. The van der Waals surface area contributed by atoms with Crippen LogP contribution >= 0.6 is 0 Å². The van der Waals surface area contributed by atoms with E-state index in [1.54, 1.807) is 6.07 Å².